The molecule has 0 N–H and O–H groups in total. The van der Waals surface area contributed by atoms with Crippen molar-refractivity contribution in [1.82, 2.24) is 14.1 Å². The summed E-state index contributed by atoms with van der Waals surface area (Å²) in [5, 5.41) is 1.21. The Labute approximate surface area is 170 Å². The minimum atomic E-state index is -0.414. The van der Waals surface area contributed by atoms with Crippen molar-refractivity contribution in [2.24, 2.45) is 0 Å². The van der Waals surface area contributed by atoms with Gasteiger partial charge in [-0.15, -0.1) is 0 Å². The molecule has 0 aliphatic heterocycles. The van der Waals surface area contributed by atoms with Crippen molar-refractivity contribution in [3.8, 4) is 0 Å². The highest BCUT2D eigenvalue weighted by molar-refractivity contribution is 6.30. The van der Waals surface area contributed by atoms with E-state index in [-0.39, 0.29) is 12.1 Å². The second-order valence-electron chi connectivity index (χ2n) is 6.38. The van der Waals surface area contributed by atoms with E-state index in [4.69, 9.17) is 23.2 Å². The highest BCUT2D eigenvalue weighted by atomic mass is 35.5. The Balaban J connectivity index is 1.88. The molecular formula is C21H15Cl2N3O2. The van der Waals surface area contributed by atoms with Gasteiger partial charge in [0.15, 0.2) is 5.52 Å². The lowest BCUT2D eigenvalue weighted by Crippen LogP contribution is -2.40. The molecule has 0 aliphatic carbocycles. The zero-order valence-corrected chi connectivity index (χ0v) is 16.2. The Morgan fingerprint density at radius 1 is 0.750 bits per heavy atom. The van der Waals surface area contributed by atoms with E-state index in [1.807, 2.05) is 12.1 Å². The first-order chi connectivity index (χ1) is 13.5. The summed E-state index contributed by atoms with van der Waals surface area (Å²) in [6.45, 7) is 0.445. The van der Waals surface area contributed by atoms with Gasteiger partial charge in [0.2, 0.25) is 0 Å². The summed E-state index contributed by atoms with van der Waals surface area (Å²) < 4.78 is 2.76. The van der Waals surface area contributed by atoms with E-state index >= 15 is 0 Å². The third kappa shape index (κ3) is 3.59. The number of fused-ring (bicyclic) bond motifs is 1. The number of aromatic nitrogens is 3. The van der Waals surface area contributed by atoms with Gasteiger partial charge in [-0.25, -0.2) is 9.78 Å². The molecule has 0 fully saturated rings. The normalized spacial score (nSPS) is 11.1. The summed E-state index contributed by atoms with van der Waals surface area (Å²) in [6.07, 6.45) is 1.55. The molecular weight excluding hydrogens is 397 g/mol. The van der Waals surface area contributed by atoms with Crippen molar-refractivity contribution in [3.63, 3.8) is 0 Å². The zero-order chi connectivity index (χ0) is 19.7. The highest BCUT2D eigenvalue weighted by Crippen LogP contribution is 2.13. The molecule has 7 heteroatoms. The number of benzene rings is 2. The van der Waals surface area contributed by atoms with E-state index in [1.54, 1.807) is 59.3 Å². The Morgan fingerprint density at radius 2 is 1.29 bits per heavy atom. The Hall–Kier alpha value is -2.89. The highest BCUT2D eigenvalue weighted by Gasteiger charge is 2.14. The lowest BCUT2D eigenvalue weighted by molar-refractivity contribution is 0.633. The van der Waals surface area contributed by atoms with Gasteiger partial charge in [-0.1, -0.05) is 47.5 Å². The molecule has 140 valence electrons. The van der Waals surface area contributed by atoms with Gasteiger partial charge in [-0.2, -0.15) is 0 Å². The minimum absolute atomic E-state index is 0.141. The first kappa shape index (κ1) is 18.5. The largest absolute Gasteiger partial charge is 0.332 e. The number of halogens is 2. The van der Waals surface area contributed by atoms with E-state index in [0.29, 0.717) is 22.1 Å². The molecule has 0 radical (unpaired) electrons. The average Bonchev–Trinajstić information content (AvgIpc) is 2.71. The number of rotatable bonds is 4. The van der Waals surface area contributed by atoms with Crippen LogP contribution in [0.4, 0.5) is 0 Å². The maximum Gasteiger partial charge on any atom is 0.332 e. The fourth-order valence-electron chi connectivity index (χ4n) is 3.08. The second-order valence-corrected chi connectivity index (χ2v) is 7.26. The van der Waals surface area contributed by atoms with Crippen LogP contribution in [-0.2, 0) is 13.1 Å². The van der Waals surface area contributed by atoms with Crippen LogP contribution < -0.4 is 11.2 Å². The summed E-state index contributed by atoms with van der Waals surface area (Å²) in [5.41, 5.74) is 1.65. The smallest absolute Gasteiger partial charge is 0.287 e. The average molecular weight is 412 g/mol. The van der Waals surface area contributed by atoms with Crippen LogP contribution in [0.15, 0.2) is 76.4 Å². The standard InChI is InChI=1S/C21H15Cl2N3O2/c22-16-7-3-14(4-8-16)12-25-18-2-1-11-24-19(18)20(27)26(21(25)28)13-15-5-9-17(23)10-6-15/h1-11H,12-13H2. The minimum Gasteiger partial charge on any atom is -0.287 e. The van der Waals surface area contributed by atoms with Crippen LogP contribution in [0.2, 0.25) is 10.0 Å². The predicted molar refractivity (Wildman–Crippen MR) is 111 cm³/mol. The summed E-state index contributed by atoms with van der Waals surface area (Å²) in [5.74, 6) is 0. The topological polar surface area (TPSA) is 56.9 Å². The maximum absolute atomic E-state index is 13.2. The van der Waals surface area contributed by atoms with Crippen molar-refractivity contribution in [2.75, 3.05) is 0 Å². The van der Waals surface area contributed by atoms with Crippen molar-refractivity contribution in [2.45, 2.75) is 13.1 Å². The summed E-state index contributed by atoms with van der Waals surface area (Å²) in [6, 6.07) is 17.7. The van der Waals surface area contributed by atoms with Crippen molar-refractivity contribution in [3.05, 3.63) is 109 Å². The lowest BCUT2D eigenvalue weighted by Gasteiger charge is -2.14. The molecule has 4 rings (SSSR count). The molecule has 4 aromatic rings. The zero-order valence-electron chi connectivity index (χ0n) is 14.7. The summed E-state index contributed by atoms with van der Waals surface area (Å²) in [4.78, 5) is 30.3. The molecule has 0 saturated heterocycles. The fraction of sp³-hybridized carbons (Fsp3) is 0.0952. The lowest BCUT2D eigenvalue weighted by atomic mass is 10.2. The van der Waals surface area contributed by atoms with E-state index in [2.05, 4.69) is 4.98 Å². The van der Waals surface area contributed by atoms with Crippen LogP contribution in [0.3, 0.4) is 0 Å². The van der Waals surface area contributed by atoms with E-state index in [9.17, 15) is 9.59 Å². The number of pyridine rings is 1. The molecule has 0 saturated carbocycles. The van der Waals surface area contributed by atoms with Crippen LogP contribution in [0.1, 0.15) is 11.1 Å². The molecule has 0 bridgehead atoms. The molecule has 0 amide bonds. The number of hydrogen-bond acceptors (Lipinski definition) is 3. The molecule has 0 spiro atoms. The molecule has 0 atom stereocenters. The van der Waals surface area contributed by atoms with E-state index < -0.39 is 11.2 Å². The van der Waals surface area contributed by atoms with Gasteiger partial charge in [0, 0.05) is 16.2 Å². The SMILES string of the molecule is O=c1c2ncccc2n(Cc2ccc(Cl)cc2)c(=O)n1Cc1ccc(Cl)cc1. The third-order valence-corrected chi connectivity index (χ3v) is 5.00. The fourth-order valence-corrected chi connectivity index (χ4v) is 3.33. The van der Waals surface area contributed by atoms with Gasteiger partial charge >= 0.3 is 5.69 Å². The molecule has 0 aliphatic rings. The van der Waals surface area contributed by atoms with Crippen LogP contribution in [0.25, 0.3) is 11.0 Å². The van der Waals surface area contributed by atoms with E-state index in [0.717, 1.165) is 11.1 Å². The Kier molecular flexibility index (Phi) is 5.03. The molecule has 2 aromatic carbocycles. The van der Waals surface area contributed by atoms with Crippen LogP contribution in [0, 0.1) is 0 Å². The van der Waals surface area contributed by atoms with E-state index in [1.165, 1.54) is 4.57 Å². The monoisotopic (exact) mass is 411 g/mol. The van der Waals surface area contributed by atoms with Gasteiger partial charge < -0.3 is 0 Å². The molecule has 5 nitrogen and oxygen atoms in total. The predicted octanol–water partition coefficient (Wildman–Crippen LogP) is 3.96. The summed E-state index contributed by atoms with van der Waals surface area (Å²) >= 11 is 11.9. The second kappa shape index (κ2) is 7.62. The van der Waals surface area contributed by atoms with Crippen LogP contribution in [0.5, 0.6) is 0 Å². The van der Waals surface area contributed by atoms with Crippen molar-refractivity contribution < 1.29 is 0 Å². The Bertz CT molecular complexity index is 1260. The van der Waals surface area contributed by atoms with Gasteiger partial charge in [0.05, 0.1) is 18.6 Å². The first-order valence-corrected chi connectivity index (χ1v) is 9.36. The van der Waals surface area contributed by atoms with Gasteiger partial charge in [0.1, 0.15) is 0 Å². The quantitative estimate of drug-likeness (QED) is 0.510. The molecule has 0 unspecified atom stereocenters. The molecule has 2 aromatic heterocycles. The molecule has 2 heterocycles. The van der Waals surface area contributed by atoms with Crippen molar-refractivity contribution in [1.29, 1.82) is 0 Å². The number of nitrogens with zero attached hydrogens (tertiary/aromatic N) is 3. The van der Waals surface area contributed by atoms with Gasteiger partial charge in [-0.05, 0) is 47.5 Å². The van der Waals surface area contributed by atoms with Gasteiger partial charge in [0.25, 0.3) is 5.56 Å². The summed E-state index contributed by atoms with van der Waals surface area (Å²) in [7, 11) is 0. The molecule has 28 heavy (non-hydrogen) atoms. The van der Waals surface area contributed by atoms with Crippen molar-refractivity contribution >= 4 is 34.2 Å². The maximum atomic E-state index is 13.2. The Morgan fingerprint density at radius 3 is 1.86 bits per heavy atom. The van der Waals surface area contributed by atoms with Gasteiger partial charge in [-0.3, -0.25) is 13.9 Å². The first-order valence-electron chi connectivity index (χ1n) is 8.60. The third-order valence-electron chi connectivity index (χ3n) is 4.49. The van der Waals surface area contributed by atoms with Crippen LogP contribution in [-0.4, -0.2) is 14.1 Å². The van der Waals surface area contributed by atoms with Crippen LogP contribution >= 0.6 is 23.2 Å². The number of hydrogen-bond donors (Lipinski definition) is 0.